The molecule has 1 aliphatic rings. The first kappa shape index (κ1) is 15.1. The van der Waals surface area contributed by atoms with Gasteiger partial charge in [-0.3, -0.25) is 9.69 Å². The first-order valence-corrected chi connectivity index (χ1v) is 8.40. The number of anilines is 1. The Morgan fingerprint density at radius 1 is 1.41 bits per heavy atom. The van der Waals surface area contributed by atoms with Crippen LogP contribution in [0.2, 0.25) is 5.02 Å². The summed E-state index contributed by atoms with van der Waals surface area (Å²) in [4.78, 5) is 21.6. The highest BCUT2D eigenvalue weighted by Gasteiger charge is 2.35. The molecule has 2 heterocycles. The van der Waals surface area contributed by atoms with Crippen molar-refractivity contribution in [2.24, 2.45) is 5.92 Å². The van der Waals surface area contributed by atoms with Crippen LogP contribution >= 0.6 is 11.6 Å². The Morgan fingerprint density at radius 2 is 2.18 bits per heavy atom. The molecular weight excluding hydrogens is 333 g/mol. The lowest BCUT2D eigenvalue weighted by atomic mass is 10.1. The molecule has 0 saturated carbocycles. The van der Waals surface area contributed by atoms with E-state index in [0.29, 0.717) is 15.9 Å². The van der Waals surface area contributed by atoms with Crippen molar-refractivity contribution >= 4 is 44.6 Å². The molecule has 9 heteroatoms. The number of rotatable bonds is 3. The summed E-state index contributed by atoms with van der Waals surface area (Å²) in [5.41, 5.74) is 0.576. The summed E-state index contributed by atoms with van der Waals surface area (Å²) >= 11 is 6.02. The van der Waals surface area contributed by atoms with E-state index in [-0.39, 0.29) is 24.8 Å². The van der Waals surface area contributed by atoms with Gasteiger partial charge in [-0.15, -0.1) is 3.89 Å². The molecule has 0 spiro atoms. The standard InChI is InChI=1S/C13H11ClFN3O3S/c14-10-2-1-3-11-9(10)5-16-13(17-11)18-6-8(4-12(18)19)7-22(15,20)21/h1-3,5,8H,4,6-7H2. The number of halogens is 2. The van der Waals surface area contributed by atoms with Crippen molar-refractivity contribution in [3.63, 3.8) is 0 Å². The normalized spacial score (nSPS) is 19.1. The smallest absolute Gasteiger partial charge is 0.280 e. The van der Waals surface area contributed by atoms with Gasteiger partial charge in [0.25, 0.3) is 0 Å². The molecule has 22 heavy (non-hydrogen) atoms. The van der Waals surface area contributed by atoms with Gasteiger partial charge in [0.15, 0.2) is 0 Å². The highest BCUT2D eigenvalue weighted by atomic mass is 35.5. The number of fused-ring (bicyclic) bond motifs is 1. The molecule has 116 valence electrons. The third-order valence-electron chi connectivity index (χ3n) is 3.44. The molecular formula is C13H11ClFN3O3S. The molecule has 1 aromatic heterocycles. The van der Waals surface area contributed by atoms with Crippen molar-refractivity contribution in [1.82, 2.24) is 9.97 Å². The van der Waals surface area contributed by atoms with Crippen LogP contribution in [0.3, 0.4) is 0 Å². The van der Waals surface area contributed by atoms with Crippen LogP contribution in [0.1, 0.15) is 6.42 Å². The predicted molar refractivity (Wildman–Crippen MR) is 79.9 cm³/mol. The van der Waals surface area contributed by atoms with Crippen molar-refractivity contribution in [2.75, 3.05) is 17.2 Å². The Balaban J connectivity index is 1.90. The average molecular weight is 344 g/mol. The quantitative estimate of drug-likeness (QED) is 0.795. The highest BCUT2D eigenvalue weighted by molar-refractivity contribution is 7.86. The number of carbonyl (C=O) groups excluding carboxylic acids is 1. The van der Waals surface area contributed by atoms with Crippen LogP contribution in [0.5, 0.6) is 0 Å². The molecule has 1 unspecified atom stereocenters. The lowest BCUT2D eigenvalue weighted by Gasteiger charge is -2.14. The van der Waals surface area contributed by atoms with Crippen LogP contribution in [-0.4, -0.2) is 36.6 Å². The van der Waals surface area contributed by atoms with Gasteiger partial charge in [0.2, 0.25) is 11.9 Å². The molecule has 1 atom stereocenters. The Hall–Kier alpha value is -1.80. The van der Waals surface area contributed by atoms with Crippen molar-refractivity contribution in [2.45, 2.75) is 6.42 Å². The number of benzene rings is 1. The van der Waals surface area contributed by atoms with E-state index in [1.165, 1.54) is 11.1 Å². The van der Waals surface area contributed by atoms with Gasteiger partial charge in [-0.2, -0.15) is 8.42 Å². The van der Waals surface area contributed by atoms with E-state index in [9.17, 15) is 17.1 Å². The maximum atomic E-state index is 12.7. The summed E-state index contributed by atoms with van der Waals surface area (Å²) in [5, 5.41) is 1.15. The molecule has 0 N–H and O–H groups in total. The fourth-order valence-corrected chi connectivity index (χ4v) is 3.51. The fraction of sp³-hybridized carbons (Fsp3) is 0.308. The zero-order chi connectivity index (χ0) is 15.9. The zero-order valence-corrected chi connectivity index (χ0v) is 12.8. The Morgan fingerprint density at radius 3 is 2.91 bits per heavy atom. The molecule has 6 nitrogen and oxygen atoms in total. The van der Waals surface area contributed by atoms with Crippen molar-refractivity contribution in [3.05, 3.63) is 29.4 Å². The van der Waals surface area contributed by atoms with E-state index in [2.05, 4.69) is 9.97 Å². The highest BCUT2D eigenvalue weighted by Crippen LogP contribution is 2.27. The molecule has 1 amide bonds. The van der Waals surface area contributed by atoms with Gasteiger partial charge in [-0.25, -0.2) is 9.97 Å². The summed E-state index contributed by atoms with van der Waals surface area (Å²) in [7, 11) is -4.61. The third kappa shape index (κ3) is 3.02. The van der Waals surface area contributed by atoms with Gasteiger partial charge >= 0.3 is 10.2 Å². The SMILES string of the molecule is O=C1CC(CS(=O)(=O)F)CN1c1ncc2c(Cl)cccc2n1. The molecule has 3 rings (SSSR count). The Kier molecular flexibility index (Phi) is 3.73. The lowest BCUT2D eigenvalue weighted by molar-refractivity contribution is -0.117. The van der Waals surface area contributed by atoms with Crippen LogP contribution in [-0.2, 0) is 15.0 Å². The number of hydrogen-bond acceptors (Lipinski definition) is 5. The predicted octanol–water partition coefficient (Wildman–Crippen LogP) is 1.94. The fourth-order valence-electron chi connectivity index (χ4n) is 2.51. The van der Waals surface area contributed by atoms with Gasteiger partial charge in [-0.05, 0) is 12.1 Å². The second-order valence-electron chi connectivity index (χ2n) is 5.12. The lowest BCUT2D eigenvalue weighted by Crippen LogP contribution is -2.27. The van der Waals surface area contributed by atoms with Gasteiger partial charge in [0.1, 0.15) is 0 Å². The maximum Gasteiger partial charge on any atom is 0.302 e. The van der Waals surface area contributed by atoms with Crippen LogP contribution in [0.15, 0.2) is 24.4 Å². The second kappa shape index (κ2) is 5.44. The van der Waals surface area contributed by atoms with Crippen molar-refractivity contribution in [1.29, 1.82) is 0 Å². The van der Waals surface area contributed by atoms with E-state index in [0.717, 1.165) is 0 Å². The minimum atomic E-state index is -4.61. The first-order chi connectivity index (χ1) is 10.3. The minimum absolute atomic E-state index is 0.0416. The molecule has 1 fully saturated rings. The number of hydrogen-bond donors (Lipinski definition) is 0. The Bertz CT molecular complexity index is 859. The molecule has 2 aromatic rings. The number of amides is 1. The summed E-state index contributed by atoms with van der Waals surface area (Å²) in [6, 6.07) is 5.16. The number of carbonyl (C=O) groups is 1. The second-order valence-corrected chi connectivity index (χ2v) is 6.94. The van der Waals surface area contributed by atoms with E-state index in [1.807, 2.05) is 0 Å². The van der Waals surface area contributed by atoms with Gasteiger partial charge in [0.05, 0.1) is 16.3 Å². The van der Waals surface area contributed by atoms with E-state index in [1.54, 1.807) is 18.2 Å². The Labute approximate surface area is 131 Å². The third-order valence-corrected chi connectivity index (χ3v) is 4.64. The largest absolute Gasteiger partial charge is 0.302 e. The summed E-state index contributed by atoms with van der Waals surface area (Å²) in [6.45, 7) is 0.0774. The molecule has 1 aromatic carbocycles. The van der Waals surface area contributed by atoms with Crippen LogP contribution in [0.4, 0.5) is 9.83 Å². The van der Waals surface area contributed by atoms with Crippen molar-refractivity contribution < 1.29 is 17.1 Å². The van der Waals surface area contributed by atoms with Crippen LogP contribution in [0, 0.1) is 5.92 Å². The molecule has 0 radical (unpaired) electrons. The molecule has 1 aliphatic heterocycles. The monoisotopic (exact) mass is 343 g/mol. The summed E-state index contributed by atoms with van der Waals surface area (Å²) in [5.74, 6) is -1.43. The van der Waals surface area contributed by atoms with E-state index in [4.69, 9.17) is 11.6 Å². The summed E-state index contributed by atoms with van der Waals surface area (Å²) in [6.07, 6.45) is 1.46. The molecule has 1 saturated heterocycles. The topological polar surface area (TPSA) is 80.2 Å². The van der Waals surface area contributed by atoms with Gasteiger partial charge < -0.3 is 0 Å². The van der Waals surface area contributed by atoms with Gasteiger partial charge in [0, 0.05) is 30.5 Å². The molecule has 0 aliphatic carbocycles. The van der Waals surface area contributed by atoms with Crippen LogP contribution < -0.4 is 4.90 Å². The number of nitrogens with zero attached hydrogens (tertiary/aromatic N) is 3. The number of aromatic nitrogens is 2. The average Bonchev–Trinajstić information content (AvgIpc) is 2.77. The maximum absolute atomic E-state index is 12.7. The summed E-state index contributed by atoms with van der Waals surface area (Å²) < 4.78 is 34.2. The van der Waals surface area contributed by atoms with E-state index < -0.39 is 21.9 Å². The first-order valence-electron chi connectivity index (χ1n) is 6.47. The minimum Gasteiger partial charge on any atom is -0.280 e. The van der Waals surface area contributed by atoms with Gasteiger partial charge in [-0.1, -0.05) is 17.7 Å². The zero-order valence-electron chi connectivity index (χ0n) is 11.2. The van der Waals surface area contributed by atoms with E-state index >= 15 is 0 Å². The van der Waals surface area contributed by atoms with Crippen LogP contribution in [0.25, 0.3) is 10.9 Å². The van der Waals surface area contributed by atoms with Crippen molar-refractivity contribution in [3.8, 4) is 0 Å². The molecule has 0 bridgehead atoms.